The van der Waals surface area contributed by atoms with Gasteiger partial charge in [0.1, 0.15) is 17.7 Å². The molecule has 1 saturated heterocycles. The molecule has 132 valence electrons. The molecule has 7 heteroatoms. The van der Waals surface area contributed by atoms with Gasteiger partial charge in [-0.05, 0) is 18.7 Å². The Bertz CT molecular complexity index is 905. The van der Waals surface area contributed by atoms with Gasteiger partial charge in [-0.15, -0.1) is 0 Å². The number of benzene rings is 1. The van der Waals surface area contributed by atoms with E-state index >= 15 is 0 Å². The average molecular weight is 348 g/mol. The van der Waals surface area contributed by atoms with Gasteiger partial charge in [0.25, 0.3) is 0 Å². The topological polar surface area (TPSA) is 82.1 Å². The van der Waals surface area contributed by atoms with Gasteiger partial charge in [0.15, 0.2) is 11.5 Å². The summed E-state index contributed by atoms with van der Waals surface area (Å²) in [5.41, 5.74) is 2.03. The highest BCUT2D eigenvalue weighted by Gasteiger charge is 2.24. The number of hydrogen-bond donors (Lipinski definition) is 0. The fraction of sp³-hybridized carbons (Fsp3) is 0.368. The number of hydrogen-bond acceptors (Lipinski definition) is 7. The molecule has 0 bridgehead atoms. The summed E-state index contributed by atoms with van der Waals surface area (Å²) < 4.78 is 5.78. The lowest BCUT2D eigenvalue weighted by Crippen LogP contribution is -2.46. The molecule has 0 amide bonds. The van der Waals surface area contributed by atoms with Crippen molar-refractivity contribution in [1.82, 2.24) is 19.9 Å². The molecule has 1 atom stereocenters. The Morgan fingerprint density at radius 2 is 2.00 bits per heavy atom. The molecule has 0 saturated carbocycles. The number of piperazine rings is 1. The van der Waals surface area contributed by atoms with Crippen LogP contribution in [0.3, 0.4) is 0 Å². The van der Waals surface area contributed by atoms with Crippen LogP contribution in [0.15, 0.2) is 41.1 Å². The smallest absolute Gasteiger partial charge is 0.219 e. The summed E-state index contributed by atoms with van der Waals surface area (Å²) in [6, 6.07) is 11.6. The third-order valence-electron chi connectivity index (χ3n) is 4.80. The number of nitrogens with zero attached hydrogens (tertiary/aromatic N) is 6. The molecular formula is C19H20N6O. The van der Waals surface area contributed by atoms with Crippen LogP contribution < -0.4 is 4.90 Å². The van der Waals surface area contributed by atoms with Gasteiger partial charge in [0, 0.05) is 32.2 Å². The highest BCUT2D eigenvalue weighted by molar-refractivity contribution is 5.72. The molecule has 2 aromatic heterocycles. The van der Waals surface area contributed by atoms with Crippen molar-refractivity contribution >= 4 is 16.9 Å². The monoisotopic (exact) mass is 348 g/mol. The molecule has 1 unspecified atom stereocenters. The Labute approximate surface area is 151 Å². The van der Waals surface area contributed by atoms with Crippen LogP contribution in [-0.2, 0) is 0 Å². The van der Waals surface area contributed by atoms with E-state index in [4.69, 9.17) is 4.42 Å². The fourth-order valence-corrected chi connectivity index (χ4v) is 3.25. The molecule has 1 aromatic carbocycles. The third-order valence-corrected chi connectivity index (χ3v) is 4.80. The summed E-state index contributed by atoms with van der Waals surface area (Å²) in [6.45, 7) is 7.12. The Morgan fingerprint density at radius 3 is 2.73 bits per heavy atom. The van der Waals surface area contributed by atoms with Crippen molar-refractivity contribution in [2.75, 3.05) is 37.6 Å². The van der Waals surface area contributed by atoms with Crippen LogP contribution in [0.2, 0.25) is 0 Å². The first kappa shape index (κ1) is 16.5. The minimum absolute atomic E-state index is 0.370. The molecule has 4 rings (SSSR count). The Kier molecular flexibility index (Phi) is 4.50. The molecule has 3 heterocycles. The first-order chi connectivity index (χ1) is 12.8. The molecule has 26 heavy (non-hydrogen) atoms. The second kappa shape index (κ2) is 7.10. The Hall–Kier alpha value is -2.98. The average Bonchev–Trinajstić information content (AvgIpc) is 3.12. The standard InChI is InChI=1S/C19H20N6O/c1-2-24-7-9-25(10-8-24)18-11-16(21-13-22-18)14(12-20)19-23-15-5-3-4-6-17(15)26-19/h3-6,11,13-14H,2,7-10H2,1H3. The maximum atomic E-state index is 9.70. The number of aromatic nitrogens is 3. The van der Waals surface area contributed by atoms with E-state index in [1.807, 2.05) is 30.3 Å². The zero-order chi connectivity index (χ0) is 17.9. The van der Waals surface area contributed by atoms with Crippen LogP contribution in [0.5, 0.6) is 0 Å². The lowest BCUT2D eigenvalue weighted by molar-refractivity contribution is 0.270. The van der Waals surface area contributed by atoms with E-state index in [0.717, 1.165) is 44.1 Å². The van der Waals surface area contributed by atoms with E-state index in [9.17, 15) is 5.26 Å². The largest absolute Gasteiger partial charge is 0.439 e. The lowest BCUT2D eigenvalue weighted by Gasteiger charge is -2.34. The van der Waals surface area contributed by atoms with Crippen molar-refractivity contribution in [2.45, 2.75) is 12.8 Å². The van der Waals surface area contributed by atoms with Crippen molar-refractivity contribution in [3.8, 4) is 6.07 Å². The third kappa shape index (κ3) is 3.11. The molecule has 1 aliphatic heterocycles. The summed E-state index contributed by atoms with van der Waals surface area (Å²) >= 11 is 0. The number of oxazole rings is 1. The zero-order valence-corrected chi connectivity index (χ0v) is 14.7. The van der Waals surface area contributed by atoms with Crippen LogP contribution in [0.25, 0.3) is 11.1 Å². The normalized spacial score (nSPS) is 16.5. The van der Waals surface area contributed by atoms with Crippen LogP contribution in [0.1, 0.15) is 24.4 Å². The van der Waals surface area contributed by atoms with E-state index in [1.54, 1.807) is 0 Å². The lowest BCUT2D eigenvalue weighted by atomic mass is 10.1. The van der Waals surface area contributed by atoms with Crippen LogP contribution in [0, 0.1) is 11.3 Å². The first-order valence-electron chi connectivity index (χ1n) is 8.83. The summed E-state index contributed by atoms with van der Waals surface area (Å²) in [6.07, 6.45) is 1.52. The van der Waals surface area contributed by atoms with Gasteiger partial charge in [-0.2, -0.15) is 5.26 Å². The highest BCUT2D eigenvalue weighted by atomic mass is 16.3. The van der Waals surface area contributed by atoms with E-state index in [2.05, 4.69) is 37.7 Å². The molecule has 1 fully saturated rings. The number of para-hydroxylation sites is 2. The second-order valence-corrected chi connectivity index (χ2v) is 6.30. The minimum Gasteiger partial charge on any atom is -0.439 e. The van der Waals surface area contributed by atoms with Crippen molar-refractivity contribution in [3.05, 3.63) is 48.2 Å². The van der Waals surface area contributed by atoms with E-state index in [0.29, 0.717) is 17.2 Å². The van der Waals surface area contributed by atoms with Gasteiger partial charge in [-0.3, -0.25) is 0 Å². The van der Waals surface area contributed by atoms with Crippen LogP contribution in [0.4, 0.5) is 5.82 Å². The molecule has 0 N–H and O–H groups in total. The molecule has 0 radical (unpaired) electrons. The van der Waals surface area contributed by atoms with Gasteiger partial charge in [0.05, 0.1) is 11.8 Å². The molecule has 0 spiro atoms. The quantitative estimate of drug-likeness (QED) is 0.716. The first-order valence-corrected chi connectivity index (χ1v) is 8.83. The molecule has 7 nitrogen and oxygen atoms in total. The number of nitriles is 1. The number of likely N-dealkylation sites (N-methyl/N-ethyl adjacent to an activating group) is 1. The summed E-state index contributed by atoms with van der Waals surface area (Å²) in [5, 5.41) is 9.70. The number of rotatable bonds is 4. The van der Waals surface area contributed by atoms with Crippen LogP contribution >= 0.6 is 0 Å². The fourth-order valence-electron chi connectivity index (χ4n) is 3.25. The predicted octanol–water partition coefficient (Wildman–Crippen LogP) is 2.42. The van der Waals surface area contributed by atoms with Gasteiger partial charge in [-0.1, -0.05) is 19.1 Å². The van der Waals surface area contributed by atoms with Crippen molar-refractivity contribution < 1.29 is 4.42 Å². The van der Waals surface area contributed by atoms with Crippen LogP contribution in [-0.4, -0.2) is 52.6 Å². The molecule has 0 aliphatic carbocycles. The van der Waals surface area contributed by atoms with E-state index < -0.39 is 5.92 Å². The SMILES string of the molecule is CCN1CCN(c2cc(C(C#N)c3nc4ccccc4o3)ncn2)CC1. The number of anilines is 1. The maximum Gasteiger partial charge on any atom is 0.219 e. The van der Waals surface area contributed by atoms with Gasteiger partial charge >= 0.3 is 0 Å². The Balaban J connectivity index is 1.61. The van der Waals surface area contributed by atoms with E-state index in [-0.39, 0.29) is 0 Å². The van der Waals surface area contributed by atoms with E-state index in [1.165, 1.54) is 6.33 Å². The Morgan fingerprint density at radius 1 is 1.19 bits per heavy atom. The predicted molar refractivity (Wildman–Crippen MR) is 97.8 cm³/mol. The van der Waals surface area contributed by atoms with Crippen molar-refractivity contribution in [1.29, 1.82) is 5.26 Å². The highest BCUT2D eigenvalue weighted by Crippen LogP contribution is 2.27. The summed E-state index contributed by atoms with van der Waals surface area (Å²) in [4.78, 5) is 17.8. The molecule has 1 aliphatic rings. The minimum atomic E-state index is -0.652. The zero-order valence-electron chi connectivity index (χ0n) is 14.7. The number of fused-ring (bicyclic) bond motifs is 1. The van der Waals surface area contributed by atoms with Gasteiger partial charge in [-0.25, -0.2) is 15.0 Å². The second-order valence-electron chi connectivity index (χ2n) is 6.30. The maximum absolute atomic E-state index is 9.70. The summed E-state index contributed by atoms with van der Waals surface area (Å²) in [5.74, 6) is 0.567. The van der Waals surface area contributed by atoms with Gasteiger partial charge < -0.3 is 14.2 Å². The summed E-state index contributed by atoms with van der Waals surface area (Å²) in [7, 11) is 0. The molecular weight excluding hydrogens is 328 g/mol. The van der Waals surface area contributed by atoms with Gasteiger partial charge in [0.2, 0.25) is 5.89 Å². The van der Waals surface area contributed by atoms with Crippen molar-refractivity contribution in [3.63, 3.8) is 0 Å². The molecule has 3 aromatic rings. The van der Waals surface area contributed by atoms with Crippen molar-refractivity contribution in [2.24, 2.45) is 0 Å².